The van der Waals surface area contributed by atoms with E-state index in [1.807, 2.05) is 24.3 Å². The first-order valence-corrected chi connectivity index (χ1v) is 12.4. The molecule has 0 radical (unpaired) electrons. The highest BCUT2D eigenvalue weighted by atomic mass is 32.2. The number of nitrogens with zero attached hydrogens (tertiary/aromatic N) is 2. The van der Waals surface area contributed by atoms with Gasteiger partial charge in [-0.25, -0.2) is 0 Å². The van der Waals surface area contributed by atoms with Crippen LogP contribution in [0.1, 0.15) is 44.6 Å². The van der Waals surface area contributed by atoms with Crippen molar-refractivity contribution in [2.45, 2.75) is 61.0 Å². The minimum Gasteiger partial charge on any atom is -0.340 e. The molecule has 0 aliphatic carbocycles. The number of rotatable bonds is 7. The van der Waals surface area contributed by atoms with E-state index in [9.17, 15) is 13.2 Å². The second-order valence-electron chi connectivity index (χ2n) is 8.95. The summed E-state index contributed by atoms with van der Waals surface area (Å²) < 4.78 is 40.1. The van der Waals surface area contributed by atoms with Crippen LogP contribution in [0.25, 0.3) is 0 Å². The Kier molecular flexibility index (Phi) is 7.37. The molecule has 1 saturated heterocycles. The summed E-state index contributed by atoms with van der Waals surface area (Å²) in [6, 6.07) is 12.7. The molecule has 0 spiro atoms. The first-order chi connectivity index (χ1) is 15.4. The Bertz CT molecular complexity index is 910. The van der Waals surface area contributed by atoms with Gasteiger partial charge in [0.25, 0.3) is 0 Å². The van der Waals surface area contributed by atoms with Gasteiger partial charge in [0.1, 0.15) is 0 Å². The van der Waals surface area contributed by atoms with Gasteiger partial charge in [0.2, 0.25) is 0 Å². The van der Waals surface area contributed by atoms with E-state index in [4.69, 9.17) is 5.73 Å². The predicted octanol–water partition coefficient (Wildman–Crippen LogP) is 6.54. The zero-order valence-electron chi connectivity index (χ0n) is 18.6. The molecule has 1 fully saturated rings. The fourth-order valence-electron chi connectivity index (χ4n) is 4.89. The van der Waals surface area contributed by atoms with Crippen LogP contribution in [0.4, 0.5) is 24.5 Å². The number of para-hydroxylation sites is 1. The fraction of sp³-hybridized carbons (Fsp3) is 0.520. The van der Waals surface area contributed by atoms with Crippen LogP contribution in [-0.4, -0.2) is 37.1 Å². The van der Waals surface area contributed by atoms with Crippen LogP contribution in [-0.2, 0) is 6.18 Å². The number of hydrogen-bond donors (Lipinski definition) is 1. The summed E-state index contributed by atoms with van der Waals surface area (Å²) in [5.74, 6) is 0.687. The number of nitrogens with two attached hydrogens (primary N) is 1. The number of hydrogen-bond acceptors (Lipinski definition) is 4. The maximum absolute atomic E-state index is 13.4. The molecule has 2 heterocycles. The van der Waals surface area contributed by atoms with Crippen LogP contribution in [0.15, 0.2) is 52.3 Å². The lowest BCUT2D eigenvalue weighted by atomic mass is 9.91. The molecular weight excluding hydrogens is 431 g/mol. The van der Waals surface area contributed by atoms with E-state index in [0.717, 1.165) is 60.9 Å². The van der Waals surface area contributed by atoms with Crippen LogP contribution in [0.3, 0.4) is 0 Å². The molecule has 2 aliphatic rings. The van der Waals surface area contributed by atoms with Gasteiger partial charge in [0, 0.05) is 22.4 Å². The summed E-state index contributed by atoms with van der Waals surface area (Å²) >= 11 is 1.55. The van der Waals surface area contributed by atoms with E-state index in [1.165, 1.54) is 25.0 Å². The van der Waals surface area contributed by atoms with Gasteiger partial charge in [0.15, 0.2) is 0 Å². The lowest BCUT2D eigenvalue weighted by molar-refractivity contribution is -0.137. The minimum atomic E-state index is -4.34. The highest BCUT2D eigenvalue weighted by Gasteiger charge is 2.33. The molecule has 7 heteroatoms. The second-order valence-corrected chi connectivity index (χ2v) is 10.0. The summed E-state index contributed by atoms with van der Waals surface area (Å²) in [6.45, 7) is 5.95. The van der Waals surface area contributed by atoms with Crippen LogP contribution in [0.5, 0.6) is 0 Å². The number of benzene rings is 2. The Morgan fingerprint density at radius 1 is 1.06 bits per heavy atom. The van der Waals surface area contributed by atoms with Gasteiger partial charge < -0.3 is 15.5 Å². The van der Waals surface area contributed by atoms with Gasteiger partial charge in [-0.1, -0.05) is 23.9 Å². The molecular formula is C25H32F3N3S. The Labute approximate surface area is 193 Å². The second kappa shape index (κ2) is 10.1. The summed E-state index contributed by atoms with van der Waals surface area (Å²) in [4.78, 5) is 6.62. The average molecular weight is 464 g/mol. The third-order valence-corrected chi connectivity index (χ3v) is 7.93. The third kappa shape index (κ3) is 5.26. The highest BCUT2D eigenvalue weighted by Crippen LogP contribution is 2.49. The monoisotopic (exact) mass is 463 g/mol. The maximum Gasteiger partial charge on any atom is 0.416 e. The summed E-state index contributed by atoms with van der Waals surface area (Å²) in [7, 11) is 0. The third-order valence-electron chi connectivity index (χ3n) is 6.80. The van der Waals surface area contributed by atoms with Crippen molar-refractivity contribution in [1.29, 1.82) is 0 Å². The van der Waals surface area contributed by atoms with Crippen LogP contribution in [0.2, 0.25) is 0 Å². The zero-order valence-corrected chi connectivity index (χ0v) is 19.4. The lowest BCUT2D eigenvalue weighted by Gasteiger charge is -2.37. The molecule has 2 N–H and O–H groups in total. The van der Waals surface area contributed by atoms with Gasteiger partial charge in [-0.3, -0.25) is 0 Å². The number of anilines is 2. The molecule has 2 aromatic carbocycles. The quantitative estimate of drug-likeness (QED) is 0.505. The molecule has 4 rings (SSSR count). The van der Waals surface area contributed by atoms with Crippen LogP contribution >= 0.6 is 11.8 Å². The lowest BCUT2D eigenvalue weighted by Crippen LogP contribution is -2.40. The van der Waals surface area contributed by atoms with Crippen molar-refractivity contribution >= 4 is 23.1 Å². The van der Waals surface area contributed by atoms with Crippen LogP contribution in [0, 0.1) is 5.92 Å². The maximum atomic E-state index is 13.4. The van der Waals surface area contributed by atoms with E-state index >= 15 is 0 Å². The molecule has 2 aliphatic heterocycles. The van der Waals surface area contributed by atoms with Gasteiger partial charge >= 0.3 is 6.18 Å². The van der Waals surface area contributed by atoms with E-state index in [2.05, 4.69) is 16.7 Å². The standard InChI is InChI=1S/C25H32F3N3S/c1-18(10-13-29)30-15-11-19(12-16-30)5-4-14-31-21-6-2-3-7-23(21)32-24-9-8-20(17-22(24)31)25(26,27)28/h2-3,6-9,17-19H,4-5,10-16,29H2,1H3. The molecule has 174 valence electrons. The smallest absolute Gasteiger partial charge is 0.340 e. The molecule has 0 saturated carbocycles. The minimum absolute atomic E-state index is 0.544. The van der Waals surface area contributed by atoms with Gasteiger partial charge in [-0.05, 0) is 94.9 Å². The Morgan fingerprint density at radius 2 is 1.78 bits per heavy atom. The molecule has 1 atom stereocenters. The largest absolute Gasteiger partial charge is 0.416 e. The van der Waals surface area contributed by atoms with Crippen molar-refractivity contribution in [2.24, 2.45) is 11.7 Å². The number of likely N-dealkylation sites (tertiary alicyclic amines) is 1. The summed E-state index contributed by atoms with van der Waals surface area (Å²) in [6.07, 6.45) is 1.16. The van der Waals surface area contributed by atoms with E-state index in [0.29, 0.717) is 17.6 Å². The SMILES string of the molecule is CC(CCN)N1CCC(CCCN2c3ccccc3Sc3ccc(C(F)(F)F)cc32)CC1. The number of alkyl halides is 3. The fourth-order valence-corrected chi connectivity index (χ4v) is 5.97. The predicted molar refractivity (Wildman–Crippen MR) is 126 cm³/mol. The molecule has 3 nitrogen and oxygen atoms in total. The Balaban J connectivity index is 1.43. The van der Waals surface area contributed by atoms with Crippen molar-refractivity contribution < 1.29 is 13.2 Å². The number of piperidine rings is 1. The van der Waals surface area contributed by atoms with Gasteiger partial charge in [-0.2, -0.15) is 13.2 Å². The Hall–Kier alpha value is -1.70. The number of fused-ring (bicyclic) bond motifs is 2. The number of halogens is 3. The van der Waals surface area contributed by atoms with E-state index in [1.54, 1.807) is 17.8 Å². The van der Waals surface area contributed by atoms with Crippen molar-refractivity contribution in [1.82, 2.24) is 4.90 Å². The summed E-state index contributed by atoms with van der Waals surface area (Å²) in [5.41, 5.74) is 6.81. The summed E-state index contributed by atoms with van der Waals surface area (Å²) in [5, 5.41) is 0. The van der Waals surface area contributed by atoms with Crippen molar-refractivity contribution in [3.8, 4) is 0 Å². The van der Waals surface area contributed by atoms with Gasteiger partial charge in [0.05, 0.1) is 16.9 Å². The van der Waals surface area contributed by atoms with Gasteiger partial charge in [-0.15, -0.1) is 0 Å². The Morgan fingerprint density at radius 3 is 2.50 bits per heavy atom. The topological polar surface area (TPSA) is 32.5 Å². The molecule has 2 aromatic rings. The molecule has 0 amide bonds. The van der Waals surface area contributed by atoms with E-state index in [-0.39, 0.29) is 0 Å². The zero-order chi connectivity index (χ0) is 22.7. The van der Waals surface area contributed by atoms with Crippen molar-refractivity contribution in [2.75, 3.05) is 31.1 Å². The molecule has 32 heavy (non-hydrogen) atoms. The average Bonchev–Trinajstić information content (AvgIpc) is 2.78. The van der Waals surface area contributed by atoms with E-state index < -0.39 is 11.7 Å². The first-order valence-electron chi connectivity index (χ1n) is 11.6. The molecule has 1 unspecified atom stereocenters. The molecule has 0 aromatic heterocycles. The van der Waals surface area contributed by atoms with Crippen molar-refractivity contribution in [3.63, 3.8) is 0 Å². The highest BCUT2D eigenvalue weighted by molar-refractivity contribution is 7.99. The van der Waals surface area contributed by atoms with Crippen molar-refractivity contribution in [3.05, 3.63) is 48.0 Å². The molecule has 0 bridgehead atoms. The van der Waals surface area contributed by atoms with Crippen LogP contribution < -0.4 is 10.6 Å². The normalized spacial score (nSPS) is 18.3. The first kappa shape index (κ1) is 23.5.